The van der Waals surface area contributed by atoms with E-state index in [0.717, 1.165) is 5.56 Å². The van der Waals surface area contributed by atoms with Crippen molar-refractivity contribution >= 4 is 51.7 Å². The van der Waals surface area contributed by atoms with Crippen molar-refractivity contribution < 1.29 is 14.8 Å². The lowest BCUT2D eigenvalue weighted by Crippen LogP contribution is -2.18. The third-order valence-electron chi connectivity index (χ3n) is 4.69. The smallest absolute Gasteiger partial charge is 0.274 e. The summed E-state index contributed by atoms with van der Waals surface area (Å²) in [5.74, 6) is -0.510. The zero-order valence-corrected chi connectivity index (χ0v) is 17.7. The highest BCUT2D eigenvalue weighted by Gasteiger charge is 2.15. The van der Waals surface area contributed by atoms with E-state index in [1.165, 1.54) is 0 Å². The maximum absolute atomic E-state index is 12.6. The van der Waals surface area contributed by atoms with E-state index in [0.29, 0.717) is 43.7 Å². The van der Waals surface area contributed by atoms with Crippen LogP contribution in [0, 0.1) is 6.92 Å². The largest absolute Gasteiger partial charge is 0.338 e. The third-order valence-corrected chi connectivity index (χ3v) is 5.34. The molecule has 0 aliphatic heterocycles. The fourth-order valence-corrected chi connectivity index (χ4v) is 3.66. The van der Waals surface area contributed by atoms with E-state index in [-0.39, 0.29) is 11.5 Å². The number of hydroxylamine groups is 1. The van der Waals surface area contributed by atoms with Gasteiger partial charge in [0.05, 0.1) is 26.6 Å². The van der Waals surface area contributed by atoms with Crippen LogP contribution < -0.4 is 10.8 Å². The fourth-order valence-electron chi connectivity index (χ4n) is 3.13. The number of aromatic nitrogens is 2. The van der Waals surface area contributed by atoms with Crippen LogP contribution in [0.3, 0.4) is 0 Å². The second-order valence-corrected chi connectivity index (χ2v) is 7.70. The van der Waals surface area contributed by atoms with Gasteiger partial charge in [0, 0.05) is 16.8 Å². The first-order chi connectivity index (χ1) is 14.9. The summed E-state index contributed by atoms with van der Waals surface area (Å²) in [6.07, 6.45) is 0. The van der Waals surface area contributed by atoms with Crippen LogP contribution >= 0.6 is 23.2 Å². The van der Waals surface area contributed by atoms with Gasteiger partial charge in [0.15, 0.2) is 0 Å². The van der Waals surface area contributed by atoms with Crippen LogP contribution in [0.4, 0.5) is 5.69 Å². The maximum Gasteiger partial charge on any atom is 0.274 e. The highest BCUT2D eigenvalue weighted by molar-refractivity contribution is 6.35. The van der Waals surface area contributed by atoms with Crippen LogP contribution in [0.25, 0.3) is 22.4 Å². The molecule has 0 unspecified atom stereocenters. The Morgan fingerprint density at radius 1 is 0.968 bits per heavy atom. The Morgan fingerprint density at radius 3 is 2.52 bits per heavy atom. The Balaban J connectivity index is 1.66. The van der Waals surface area contributed by atoms with Gasteiger partial charge in [0.1, 0.15) is 5.82 Å². The van der Waals surface area contributed by atoms with Crippen molar-refractivity contribution in [2.24, 2.45) is 0 Å². The number of halogens is 2. The third kappa shape index (κ3) is 4.25. The van der Waals surface area contributed by atoms with Gasteiger partial charge in [-0.15, -0.1) is 0 Å². The van der Waals surface area contributed by atoms with Crippen LogP contribution in [0.1, 0.15) is 26.3 Å². The Labute approximate surface area is 187 Å². The first kappa shape index (κ1) is 20.9. The van der Waals surface area contributed by atoms with Crippen molar-refractivity contribution in [3.05, 3.63) is 81.3 Å². The van der Waals surface area contributed by atoms with Crippen molar-refractivity contribution in [2.45, 2.75) is 6.92 Å². The molecule has 4 N–H and O–H groups in total. The number of rotatable bonds is 4. The number of carbonyl (C=O) groups excluding carboxylic acids is 2. The first-order valence-electron chi connectivity index (χ1n) is 9.17. The number of imidazole rings is 1. The van der Waals surface area contributed by atoms with Gasteiger partial charge >= 0.3 is 0 Å². The maximum atomic E-state index is 12.6. The predicted molar refractivity (Wildman–Crippen MR) is 120 cm³/mol. The lowest BCUT2D eigenvalue weighted by molar-refractivity contribution is 0.0706. The number of aromatic amines is 1. The second kappa shape index (κ2) is 8.39. The van der Waals surface area contributed by atoms with Gasteiger partial charge in [-0.05, 0) is 61.0 Å². The zero-order chi connectivity index (χ0) is 22.1. The summed E-state index contributed by atoms with van der Waals surface area (Å²) in [6.45, 7) is 1.89. The number of carbonyl (C=O) groups is 2. The van der Waals surface area contributed by atoms with Gasteiger partial charge in [-0.1, -0.05) is 29.3 Å². The van der Waals surface area contributed by atoms with Crippen LogP contribution in [-0.4, -0.2) is 27.0 Å². The van der Waals surface area contributed by atoms with Crippen molar-refractivity contribution in [1.82, 2.24) is 15.4 Å². The minimum absolute atomic E-state index is 0.271. The summed E-state index contributed by atoms with van der Waals surface area (Å²) in [4.78, 5) is 31.9. The van der Waals surface area contributed by atoms with E-state index in [1.54, 1.807) is 54.0 Å². The quantitative estimate of drug-likeness (QED) is 0.250. The number of fused-ring (bicyclic) bond motifs is 1. The normalized spacial score (nSPS) is 10.8. The molecule has 4 rings (SSSR count). The Morgan fingerprint density at radius 2 is 1.77 bits per heavy atom. The fraction of sp³-hybridized carbons (Fsp3) is 0.0455. The van der Waals surface area contributed by atoms with Gasteiger partial charge in [-0.25, -0.2) is 10.5 Å². The SMILES string of the molecule is Cc1ccc(C(=O)Nc2ccc(Cl)c(-c3nc4ccc(C(=O)NO)cc4[nH]3)c2)c(Cl)c1. The van der Waals surface area contributed by atoms with E-state index < -0.39 is 5.91 Å². The number of hydrogen-bond donors (Lipinski definition) is 4. The molecule has 1 heterocycles. The van der Waals surface area contributed by atoms with E-state index in [2.05, 4.69) is 15.3 Å². The molecule has 0 atom stereocenters. The number of nitrogens with zero attached hydrogens (tertiary/aromatic N) is 1. The van der Waals surface area contributed by atoms with Gasteiger partial charge in [-0.3, -0.25) is 14.8 Å². The molecule has 0 fully saturated rings. The minimum atomic E-state index is -0.629. The number of aryl methyl sites for hydroxylation is 1. The van der Waals surface area contributed by atoms with Gasteiger partial charge < -0.3 is 10.3 Å². The molecule has 0 radical (unpaired) electrons. The van der Waals surface area contributed by atoms with Crippen molar-refractivity contribution in [3.8, 4) is 11.4 Å². The summed E-state index contributed by atoms with van der Waals surface area (Å²) >= 11 is 12.6. The van der Waals surface area contributed by atoms with E-state index >= 15 is 0 Å². The van der Waals surface area contributed by atoms with Crippen LogP contribution in [-0.2, 0) is 0 Å². The molecule has 3 aromatic carbocycles. The molecule has 31 heavy (non-hydrogen) atoms. The lowest BCUT2D eigenvalue weighted by atomic mass is 10.1. The number of anilines is 1. The van der Waals surface area contributed by atoms with Gasteiger partial charge in [0.2, 0.25) is 0 Å². The average molecular weight is 455 g/mol. The van der Waals surface area contributed by atoms with Gasteiger partial charge in [0.25, 0.3) is 11.8 Å². The molecule has 1 aromatic heterocycles. The Kier molecular flexibility index (Phi) is 5.65. The molecule has 156 valence electrons. The second-order valence-electron chi connectivity index (χ2n) is 6.89. The molecule has 0 bridgehead atoms. The highest BCUT2D eigenvalue weighted by atomic mass is 35.5. The Bertz CT molecular complexity index is 1330. The van der Waals surface area contributed by atoms with Crippen LogP contribution in [0.5, 0.6) is 0 Å². The first-order valence-corrected chi connectivity index (χ1v) is 9.93. The minimum Gasteiger partial charge on any atom is -0.338 e. The van der Waals surface area contributed by atoms with Crippen molar-refractivity contribution in [2.75, 3.05) is 5.32 Å². The van der Waals surface area contributed by atoms with Crippen molar-refractivity contribution in [3.63, 3.8) is 0 Å². The summed E-state index contributed by atoms with van der Waals surface area (Å²) in [5.41, 5.74) is 5.47. The molecule has 0 spiro atoms. The number of H-pyrrole nitrogens is 1. The molecule has 4 aromatic rings. The van der Waals surface area contributed by atoms with Crippen molar-refractivity contribution in [1.29, 1.82) is 0 Å². The molecule has 9 heteroatoms. The lowest BCUT2D eigenvalue weighted by Gasteiger charge is -2.09. The summed E-state index contributed by atoms with van der Waals surface area (Å²) in [6, 6.07) is 15.0. The summed E-state index contributed by atoms with van der Waals surface area (Å²) in [7, 11) is 0. The number of nitrogens with one attached hydrogen (secondary N) is 3. The van der Waals surface area contributed by atoms with E-state index in [9.17, 15) is 9.59 Å². The van der Waals surface area contributed by atoms with E-state index in [4.69, 9.17) is 28.4 Å². The molecule has 2 amide bonds. The topological polar surface area (TPSA) is 107 Å². The molecule has 0 aliphatic carbocycles. The van der Waals surface area contributed by atoms with Crippen LogP contribution in [0.2, 0.25) is 10.0 Å². The molecular formula is C22H16Cl2N4O3. The summed E-state index contributed by atoms with van der Waals surface area (Å²) < 4.78 is 0. The van der Waals surface area contributed by atoms with Gasteiger partial charge in [-0.2, -0.15) is 0 Å². The summed E-state index contributed by atoms with van der Waals surface area (Å²) in [5, 5.41) is 12.4. The molecular weight excluding hydrogens is 439 g/mol. The predicted octanol–water partition coefficient (Wildman–Crippen LogP) is 5.22. The number of hydrogen-bond acceptors (Lipinski definition) is 4. The standard InChI is InChI=1S/C22H16Cl2N4O3/c1-11-2-5-14(17(24)8-11)22(30)25-13-4-6-16(23)15(10-13)20-26-18-7-3-12(21(29)28-31)9-19(18)27-20/h2-10,31H,1H3,(H,25,30)(H,26,27)(H,28,29). The molecule has 0 saturated carbocycles. The number of amides is 2. The Hall–Kier alpha value is -3.39. The monoisotopic (exact) mass is 454 g/mol. The highest BCUT2D eigenvalue weighted by Crippen LogP contribution is 2.31. The van der Waals surface area contributed by atoms with Crippen LogP contribution in [0.15, 0.2) is 54.6 Å². The molecule has 0 saturated heterocycles. The average Bonchev–Trinajstić information content (AvgIpc) is 3.17. The molecule has 7 nitrogen and oxygen atoms in total. The van der Waals surface area contributed by atoms with E-state index in [1.807, 2.05) is 13.0 Å². The zero-order valence-electron chi connectivity index (χ0n) is 16.2. The number of benzene rings is 3. The molecule has 0 aliphatic rings.